The average molecular weight is 338 g/mol. The van der Waals surface area contributed by atoms with Crippen molar-refractivity contribution in [3.8, 4) is 5.75 Å². The fourth-order valence-electron chi connectivity index (χ4n) is 2.56. The summed E-state index contributed by atoms with van der Waals surface area (Å²) in [5.74, 6) is -0.797. The van der Waals surface area contributed by atoms with Crippen LogP contribution in [-0.4, -0.2) is 18.2 Å². The van der Waals surface area contributed by atoms with Crippen LogP contribution in [0.3, 0.4) is 0 Å². The molecule has 0 radical (unpaired) electrons. The Morgan fingerprint density at radius 1 is 1.12 bits per heavy atom. The Labute approximate surface area is 137 Å². The van der Waals surface area contributed by atoms with Gasteiger partial charge in [-0.05, 0) is 35.7 Å². The number of alkyl halides is 3. The number of halogens is 3. The van der Waals surface area contributed by atoms with Crippen LogP contribution in [-0.2, 0) is 11.0 Å². The summed E-state index contributed by atoms with van der Waals surface area (Å²) in [6, 6.07) is 11.9. The molecule has 0 aliphatic heterocycles. The van der Waals surface area contributed by atoms with E-state index < -0.39 is 23.6 Å². The van der Waals surface area contributed by atoms with E-state index in [1.807, 2.05) is 0 Å². The average Bonchev–Trinajstić information content (AvgIpc) is 2.55. The number of aliphatic carboxylic acids is 1. The first-order valence-electron chi connectivity index (χ1n) is 7.34. The summed E-state index contributed by atoms with van der Waals surface area (Å²) >= 11 is 0. The van der Waals surface area contributed by atoms with Crippen molar-refractivity contribution < 1.29 is 27.8 Å². The molecule has 0 aliphatic carbocycles. The Hall–Kier alpha value is -2.50. The zero-order valence-electron chi connectivity index (χ0n) is 13.0. The molecule has 0 saturated heterocycles. The summed E-state index contributed by atoms with van der Waals surface area (Å²) in [5, 5.41) is 8.92. The first-order valence-corrected chi connectivity index (χ1v) is 7.34. The van der Waals surface area contributed by atoms with E-state index in [0.717, 1.165) is 17.7 Å². The smallest absolute Gasteiger partial charge is 0.416 e. The predicted octanol–water partition coefficient (Wildman–Crippen LogP) is 4.71. The highest BCUT2D eigenvalue weighted by atomic mass is 19.4. The van der Waals surface area contributed by atoms with E-state index >= 15 is 0 Å². The van der Waals surface area contributed by atoms with Crippen molar-refractivity contribution in [3.05, 3.63) is 65.2 Å². The van der Waals surface area contributed by atoms with Gasteiger partial charge in [0.2, 0.25) is 0 Å². The molecule has 2 aromatic rings. The lowest BCUT2D eigenvalue weighted by Crippen LogP contribution is -2.09. The molecule has 0 saturated carbocycles. The number of methoxy groups -OCH3 is 1. The van der Waals surface area contributed by atoms with Crippen molar-refractivity contribution in [2.45, 2.75) is 24.9 Å². The van der Waals surface area contributed by atoms with Gasteiger partial charge in [-0.15, -0.1) is 0 Å². The molecule has 2 rings (SSSR count). The lowest BCUT2D eigenvalue weighted by Gasteiger charge is -2.19. The standard InChI is InChI=1S/C18H17F3O3/c1-24-15-7-5-12(6-8-15)16(9-10-17(22)23)13-3-2-4-14(11-13)18(19,20)21/h2-8,11,16H,9-10H2,1H3,(H,22,23). The maximum atomic E-state index is 12.9. The van der Waals surface area contributed by atoms with Gasteiger partial charge in [0.05, 0.1) is 12.7 Å². The van der Waals surface area contributed by atoms with E-state index in [-0.39, 0.29) is 12.8 Å². The number of carboxylic acid groups (broad SMARTS) is 1. The SMILES string of the molecule is COc1ccc(C(CCC(=O)O)c2cccc(C(F)(F)F)c2)cc1. The molecule has 0 spiro atoms. The van der Waals surface area contributed by atoms with E-state index in [9.17, 15) is 18.0 Å². The molecule has 2 aromatic carbocycles. The van der Waals surface area contributed by atoms with E-state index in [0.29, 0.717) is 11.3 Å². The number of ether oxygens (including phenoxy) is 1. The minimum atomic E-state index is -4.44. The first kappa shape index (κ1) is 17.8. The number of carboxylic acids is 1. The molecule has 0 aromatic heterocycles. The van der Waals surface area contributed by atoms with E-state index in [1.54, 1.807) is 30.3 Å². The van der Waals surface area contributed by atoms with Crippen LogP contribution in [0.5, 0.6) is 5.75 Å². The summed E-state index contributed by atoms with van der Waals surface area (Å²) < 4.78 is 43.9. The third kappa shape index (κ3) is 4.50. The lowest BCUT2D eigenvalue weighted by atomic mass is 9.86. The van der Waals surface area contributed by atoms with Crippen molar-refractivity contribution in [2.75, 3.05) is 7.11 Å². The van der Waals surface area contributed by atoms with Crippen molar-refractivity contribution in [1.29, 1.82) is 0 Å². The number of hydrogen-bond donors (Lipinski definition) is 1. The number of benzene rings is 2. The van der Waals surface area contributed by atoms with Crippen LogP contribution >= 0.6 is 0 Å². The molecule has 0 bridgehead atoms. The molecular formula is C18H17F3O3. The molecular weight excluding hydrogens is 321 g/mol. The summed E-state index contributed by atoms with van der Waals surface area (Å²) in [5.41, 5.74) is 0.446. The Bertz CT molecular complexity index is 693. The van der Waals surface area contributed by atoms with Gasteiger partial charge in [0, 0.05) is 12.3 Å². The highest BCUT2D eigenvalue weighted by molar-refractivity contribution is 5.66. The second-order valence-electron chi connectivity index (χ2n) is 5.38. The first-order chi connectivity index (χ1) is 11.3. The molecule has 6 heteroatoms. The van der Waals surface area contributed by atoms with Crippen LogP contribution in [0.4, 0.5) is 13.2 Å². The molecule has 0 amide bonds. The zero-order valence-corrected chi connectivity index (χ0v) is 13.0. The Kier molecular flexibility index (Phi) is 5.49. The Morgan fingerprint density at radius 2 is 1.79 bits per heavy atom. The molecule has 24 heavy (non-hydrogen) atoms. The summed E-state index contributed by atoms with van der Waals surface area (Å²) in [6.45, 7) is 0. The van der Waals surface area contributed by atoms with E-state index in [1.165, 1.54) is 13.2 Å². The molecule has 0 heterocycles. The minimum absolute atomic E-state index is 0.132. The maximum Gasteiger partial charge on any atom is 0.416 e. The van der Waals surface area contributed by atoms with Gasteiger partial charge in [-0.2, -0.15) is 13.2 Å². The highest BCUT2D eigenvalue weighted by Crippen LogP contribution is 2.35. The topological polar surface area (TPSA) is 46.5 Å². The largest absolute Gasteiger partial charge is 0.497 e. The fourth-order valence-corrected chi connectivity index (χ4v) is 2.56. The highest BCUT2D eigenvalue weighted by Gasteiger charge is 2.31. The molecule has 1 atom stereocenters. The van der Waals surface area contributed by atoms with Crippen LogP contribution in [0.15, 0.2) is 48.5 Å². The minimum Gasteiger partial charge on any atom is -0.497 e. The van der Waals surface area contributed by atoms with Crippen LogP contribution in [0.2, 0.25) is 0 Å². The quantitative estimate of drug-likeness (QED) is 0.830. The number of rotatable bonds is 6. The number of hydrogen-bond acceptors (Lipinski definition) is 2. The molecule has 1 unspecified atom stereocenters. The van der Waals surface area contributed by atoms with Crippen LogP contribution < -0.4 is 4.74 Å². The van der Waals surface area contributed by atoms with Gasteiger partial charge in [0.1, 0.15) is 5.75 Å². The Balaban J connectivity index is 2.40. The second kappa shape index (κ2) is 7.38. The molecule has 0 aliphatic rings. The fraction of sp³-hybridized carbons (Fsp3) is 0.278. The van der Waals surface area contributed by atoms with Crippen molar-refractivity contribution in [2.24, 2.45) is 0 Å². The second-order valence-corrected chi connectivity index (χ2v) is 5.38. The van der Waals surface area contributed by atoms with Crippen molar-refractivity contribution >= 4 is 5.97 Å². The monoisotopic (exact) mass is 338 g/mol. The lowest BCUT2D eigenvalue weighted by molar-refractivity contribution is -0.138. The van der Waals surface area contributed by atoms with Gasteiger partial charge < -0.3 is 9.84 Å². The summed E-state index contributed by atoms with van der Waals surface area (Å²) in [7, 11) is 1.52. The molecule has 1 N–H and O–H groups in total. The summed E-state index contributed by atoms with van der Waals surface area (Å²) in [4.78, 5) is 10.9. The van der Waals surface area contributed by atoms with Gasteiger partial charge in [-0.25, -0.2) is 0 Å². The molecule has 128 valence electrons. The van der Waals surface area contributed by atoms with Crippen molar-refractivity contribution in [3.63, 3.8) is 0 Å². The van der Waals surface area contributed by atoms with E-state index in [2.05, 4.69) is 0 Å². The molecule has 0 fully saturated rings. The number of carbonyl (C=O) groups is 1. The predicted molar refractivity (Wildman–Crippen MR) is 83.2 cm³/mol. The van der Waals surface area contributed by atoms with Crippen LogP contribution in [0, 0.1) is 0 Å². The van der Waals surface area contributed by atoms with Gasteiger partial charge >= 0.3 is 12.1 Å². The van der Waals surface area contributed by atoms with Crippen molar-refractivity contribution in [1.82, 2.24) is 0 Å². The zero-order chi connectivity index (χ0) is 17.7. The third-order valence-corrected chi connectivity index (χ3v) is 3.78. The van der Waals surface area contributed by atoms with Crippen LogP contribution in [0.25, 0.3) is 0 Å². The normalized spacial score (nSPS) is 12.7. The van der Waals surface area contributed by atoms with Gasteiger partial charge in [-0.1, -0.05) is 30.3 Å². The van der Waals surface area contributed by atoms with E-state index in [4.69, 9.17) is 9.84 Å². The van der Waals surface area contributed by atoms with Gasteiger partial charge in [0.25, 0.3) is 0 Å². The third-order valence-electron chi connectivity index (χ3n) is 3.78. The van der Waals surface area contributed by atoms with Crippen LogP contribution in [0.1, 0.15) is 35.4 Å². The molecule has 3 nitrogen and oxygen atoms in total. The summed E-state index contributed by atoms with van der Waals surface area (Å²) in [6.07, 6.45) is -4.36. The maximum absolute atomic E-state index is 12.9. The van der Waals surface area contributed by atoms with Gasteiger partial charge in [-0.3, -0.25) is 4.79 Å². The Morgan fingerprint density at radius 3 is 2.33 bits per heavy atom. The van der Waals surface area contributed by atoms with Gasteiger partial charge in [0.15, 0.2) is 0 Å².